The van der Waals surface area contributed by atoms with E-state index in [-0.39, 0.29) is 23.1 Å². The Hall–Kier alpha value is -1.40. The first kappa shape index (κ1) is 16.5. The quantitative estimate of drug-likeness (QED) is 0.838. The van der Waals surface area contributed by atoms with Gasteiger partial charge in [0.05, 0.1) is 12.2 Å². The van der Waals surface area contributed by atoms with Gasteiger partial charge in [-0.1, -0.05) is 6.42 Å². The van der Waals surface area contributed by atoms with Crippen molar-refractivity contribution >= 4 is 23.2 Å². The normalized spacial score (nSPS) is 26.8. The van der Waals surface area contributed by atoms with Crippen molar-refractivity contribution in [1.82, 2.24) is 10.2 Å². The van der Waals surface area contributed by atoms with Crippen LogP contribution in [0.15, 0.2) is 16.8 Å². The van der Waals surface area contributed by atoms with E-state index < -0.39 is 0 Å². The van der Waals surface area contributed by atoms with Crippen molar-refractivity contribution in [2.24, 2.45) is 11.3 Å². The summed E-state index contributed by atoms with van der Waals surface area (Å²) in [4.78, 5) is 27.0. The lowest BCUT2D eigenvalue weighted by Crippen LogP contribution is -2.42. The lowest BCUT2D eigenvalue weighted by Gasteiger charge is -2.30. The molecule has 2 aliphatic rings. The van der Waals surface area contributed by atoms with Gasteiger partial charge in [0.25, 0.3) is 5.91 Å². The molecular weight excluding hydrogens is 312 g/mol. The van der Waals surface area contributed by atoms with E-state index in [0.717, 1.165) is 37.8 Å². The van der Waals surface area contributed by atoms with Gasteiger partial charge in [-0.25, -0.2) is 0 Å². The lowest BCUT2D eigenvalue weighted by atomic mass is 9.76. The summed E-state index contributed by atoms with van der Waals surface area (Å²) in [6.45, 7) is 2.56. The largest absolute Gasteiger partial charge is 0.383 e. The molecule has 0 bridgehead atoms. The number of ether oxygens (including phenoxy) is 1. The molecule has 2 fully saturated rings. The summed E-state index contributed by atoms with van der Waals surface area (Å²) in [7, 11) is 1.63. The molecule has 1 N–H and O–H groups in total. The summed E-state index contributed by atoms with van der Waals surface area (Å²) >= 11 is 1.54. The highest BCUT2D eigenvalue weighted by molar-refractivity contribution is 7.08. The fourth-order valence-electron chi connectivity index (χ4n) is 4.07. The van der Waals surface area contributed by atoms with Crippen LogP contribution in [-0.2, 0) is 9.53 Å². The molecule has 1 saturated carbocycles. The number of amides is 2. The summed E-state index contributed by atoms with van der Waals surface area (Å²) in [5.74, 6) is 0.262. The molecule has 2 amide bonds. The standard InChI is InChI=1S/C17H24N2O3S/c1-22-9-7-18-15(20)14-3-2-5-17(14)6-8-19(12-17)16(21)13-4-10-23-11-13/h4,10-11,14H,2-3,5-9,12H2,1H3,(H,18,20)/t14-,17-/m0/s1. The minimum atomic E-state index is -0.0250. The van der Waals surface area contributed by atoms with Crippen LogP contribution in [0.3, 0.4) is 0 Å². The Morgan fingerprint density at radius 1 is 1.48 bits per heavy atom. The van der Waals surface area contributed by atoms with E-state index in [2.05, 4.69) is 5.32 Å². The van der Waals surface area contributed by atoms with Gasteiger partial charge < -0.3 is 15.0 Å². The number of nitrogens with zero attached hydrogens (tertiary/aromatic N) is 1. The van der Waals surface area contributed by atoms with Gasteiger partial charge in [-0.05, 0) is 30.7 Å². The van der Waals surface area contributed by atoms with Gasteiger partial charge in [-0.3, -0.25) is 9.59 Å². The third kappa shape index (κ3) is 3.28. The number of carbonyl (C=O) groups is 2. The zero-order valence-electron chi connectivity index (χ0n) is 13.5. The molecule has 6 heteroatoms. The molecular formula is C17H24N2O3S. The van der Waals surface area contributed by atoms with E-state index in [4.69, 9.17) is 4.74 Å². The summed E-state index contributed by atoms with van der Waals surface area (Å²) in [5, 5.41) is 6.81. The van der Waals surface area contributed by atoms with Crippen molar-refractivity contribution in [3.05, 3.63) is 22.4 Å². The topological polar surface area (TPSA) is 58.6 Å². The van der Waals surface area contributed by atoms with Crippen LogP contribution in [0, 0.1) is 11.3 Å². The van der Waals surface area contributed by atoms with E-state index in [1.54, 1.807) is 18.4 Å². The smallest absolute Gasteiger partial charge is 0.254 e. The number of hydrogen-bond acceptors (Lipinski definition) is 4. The maximum Gasteiger partial charge on any atom is 0.254 e. The first-order valence-corrected chi connectivity index (χ1v) is 9.19. The van der Waals surface area contributed by atoms with Crippen LogP contribution in [0.1, 0.15) is 36.0 Å². The number of thiophene rings is 1. The fraction of sp³-hybridized carbons (Fsp3) is 0.647. The van der Waals surface area contributed by atoms with Gasteiger partial charge in [-0.2, -0.15) is 11.3 Å². The second kappa shape index (κ2) is 7.01. The second-order valence-electron chi connectivity index (χ2n) is 6.58. The van der Waals surface area contributed by atoms with Crippen LogP contribution in [0.4, 0.5) is 0 Å². The predicted octanol–water partition coefficient (Wildman–Crippen LogP) is 2.14. The van der Waals surface area contributed by atoms with Crippen molar-refractivity contribution in [2.75, 3.05) is 33.4 Å². The summed E-state index contributed by atoms with van der Waals surface area (Å²) < 4.78 is 5.00. The molecule has 1 aromatic heterocycles. The fourth-order valence-corrected chi connectivity index (χ4v) is 4.70. The highest BCUT2D eigenvalue weighted by Gasteiger charge is 2.51. The highest BCUT2D eigenvalue weighted by Crippen LogP contribution is 2.50. The van der Waals surface area contributed by atoms with E-state index in [9.17, 15) is 9.59 Å². The zero-order valence-corrected chi connectivity index (χ0v) is 14.4. The van der Waals surface area contributed by atoms with Crippen LogP contribution >= 0.6 is 11.3 Å². The number of hydrogen-bond donors (Lipinski definition) is 1. The van der Waals surface area contributed by atoms with Gasteiger partial charge in [0.15, 0.2) is 0 Å². The third-order valence-corrected chi connectivity index (χ3v) is 5.95. The number of likely N-dealkylation sites (tertiary alicyclic amines) is 1. The molecule has 1 aliphatic heterocycles. The van der Waals surface area contributed by atoms with Crippen LogP contribution in [0.2, 0.25) is 0 Å². The molecule has 1 aliphatic carbocycles. The van der Waals surface area contributed by atoms with Gasteiger partial charge in [0.2, 0.25) is 5.91 Å². The second-order valence-corrected chi connectivity index (χ2v) is 7.36. The SMILES string of the molecule is COCCNC(=O)[C@@H]1CCC[C@@]12CCN(C(=O)c1ccsc1)C2. The predicted molar refractivity (Wildman–Crippen MR) is 89.5 cm³/mol. The van der Waals surface area contributed by atoms with Crippen molar-refractivity contribution in [3.63, 3.8) is 0 Å². The zero-order chi connectivity index (χ0) is 16.3. The Morgan fingerprint density at radius 3 is 3.09 bits per heavy atom. The number of methoxy groups -OCH3 is 1. The molecule has 5 nitrogen and oxygen atoms in total. The molecule has 1 saturated heterocycles. The monoisotopic (exact) mass is 336 g/mol. The van der Waals surface area contributed by atoms with Gasteiger partial charge in [0, 0.05) is 43.5 Å². The summed E-state index contributed by atoms with van der Waals surface area (Å²) in [5.41, 5.74) is 0.745. The minimum Gasteiger partial charge on any atom is -0.383 e. The number of rotatable bonds is 5. The van der Waals surface area contributed by atoms with Crippen LogP contribution in [0.25, 0.3) is 0 Å². The molecule has 2 heterocycles. The first-order chi connectivity index (χ1) is 11.2. The van der Waals surface area contributed by atoms with Crippen LogP contribution < -0.4 is 5.32 Å². The highest BCUT2D eigenvalue weighted by atomic mass is 32.1. The maximum atomic E-state index is 12.6. The van der Waals surface area contributed by atoms with Crippen molar-refractivity contribution in [3.8, 4) is 0 Å². The average Bonchev–Trinajstić information content (AvgIpc) is 3.28. The Balaban J connectivity index is 1.65. The van der Waals surface area contributed by atoms with Crippen molar-refractivity contribution < 1.29 is 14.3 Å². The lowest BCUT2D eigenvalue weighted by molar-refractivity contribution is -0.128. The van der Waals surface area contributed by atoms with E-state index >= 15 is 0 Å². The van der Waals surface area contributed by atoms with Crippen LogP contribution in [-0.4, -0.2) is 50.1 Å². The Kier molecular flexibility index (Phi) is 5.02. The third-order valence-electron chi connectivity index (χ3n) is 5.27. The van der Waals surface area contributed by atoms with E-state index in [1.807, 2.05) is 21.7 Å². The maximum absolute atomic E-state index is 12.6. The van der Waals surface area contributed by atoms with Crippen LogP contribution in [0.5, 0.6) is 0 Å². The molecule has 1 aromatic rings. The Morgan fingerprint density at radius 2 is 2.35 bits per heavy atom. The summed E-state index contributed by atoms with van der Waals surface area (Å²) in [6, 6.07) is 1.88. The molecule has 1 spiro atoms. The molecule has 3 rings (SSSR count). The average molecular weight is 336 g/mol. The van der Waals surface area contributed by atoms with Gasteiger partial charge >= 0.3 is 0 Å². The Labute approximate surface area is 141 Å². The molecule has 126 valence electrons. The van der Waals surface area contributed by atoms with Gasteiger partial charge in [0.1, 0.15) is 0 Å². The minimum absolute atomic E-state index is 0.0250. The molecule has 0 aromatic carbocycles. The molecule has 2 atom stereocenters. The first-order valence-electron chi connectivity index (χ1n) is 8.24. The van der Waals surface area contributed by atoms with E-state index in [1.165, 1.54) is 0 Å². The van der Waals surface area contributed by atoms with Gasteiger partial charge in [-0.15, -0.1) is 0 Å². The number of nitrogens with one attached hydrogen (secondary N) is 1. The molecule has 23 heavy (non-hydrogen) atoms. The van der Waals surface area contributed by atoms with Crippen molar-refractivity contribution in [2.45, 2.75) is 25.7 Å². The molecule has 0 radical (unpaired) electrons. The number of carbonyl (C=O) groups excluding carboxylic acids is 2. The Bertz CT molecular complexity index is 560. The van der Waals surface area contributed by atoms with Crippen molar-refractivity contribution in [1.29, 1.82) is 0 Å². The molecule has 0 unspecified atom stereocenters. The summed E-state index contributed by atoms with van der Waals surface area (Å²) in [6.07, 6.45) is 3.98. The van der Waals surface area contributed by atoms with E-state index in [0.29, 0.717) is 19.7 Å².